The number of aromatic nitrogens is 2. The van der Waals surface area contributed by atoms with Gasteiger partial charge >= 0.3 is 0 Å². The van der Waals surface area contributed by atoms with Gasteiger partial charge in [0.1, 0.15) is 5.82 Å². The Morgan fingerprint density at radius 3 is 2.92 bits per heavy atom. The Morgan fingerprint density at radius 2 is 2.28 bits per heavy atom. The second-order valence-electron chi connectivity index (χ2n) is 7.67. The molecule has 3 aliphatic rings. The maximum atomic E-state index is 13.2. The first kappa shape index (κ1) is 18.7. The fourth-order valence-electron chi connectivity index (χ4n) is 4.44. The van der Waals surface area contributed by atoms with E-state index in [4.69, 9.17) is 4.74 Å². The van der Waals surface area contributed by atoms with Crippen LogP contribution in [0.2, 0.25) is 0 Å². The lowest BCUT2D eigenvalue weighted by molar-refractivity contribution is -0.141. The van der Waals surface area contributed by atoms with E-state index in [2.05, 4.69) is 15.2 Å². The van der Waals surface area contributed by atoms with Gasteiger partial charge in [-0.15, -0.1) is 12.4 Å². The average Bonchev–Trinajstić information content (AvgIpc) is 3.13. The standard InChI is InChI=1S/C18H28N4O2.ClH/c1-21-9-8-20-16(21)12-22(17(23)14-3-2-10-24-13-14)15-11-18(15)4-6-19-7-5-18;/h8-9,14-15,19H,2-7,10-13H2,1H3;1H. The van der Waals surface area contributed by atoms with Gasteiger partial charge in [-0.1, -0.05) is 0 Å². The molecular weight excluding hydrogens is 340 g/mol. The number of hydrogen-bond donors (Lipinski definition) is 1. The van der Waals surface area contributed by atoms with Crippen molar-refractivity contribution >= 4 is 18.3 Å². The highest BCUT2D eigenvalue weighted by Crippen LogP contribution is 2.56. The fraction of sp³-hybridized carbons (Fsp3) is 0.778. The number of amides is 1. The lowest BCUT2D eigenvalue weighted by Crippen LogP contribution is -2.44. The molecule has 7 heteroatoms. The van der Waals surface area contributed by atoms with Gasteiger partial charge in [-0.3, -0.25) is 4.79 Å². The highest BCUT2D eigenvalue weighted by molar-refractivity contribution is 5.85. The number of ether oxygens (including phenoxy) is 1. The van der Waals surface area contributed by atoms with Crippen molar-refractivity contribution in [2.45, 2.75) is 44.7 Å². The van der Waals surface area contributed by atoms with Gasteiger partial charge in [0.15, 0.2) is 0 Å². The molecule has 2 unspecified atom stereocenters. The first-order valence-corrected chi connectivity index (χ1v) is 9.25. The van der Waals surface area contributed by atoms with E-state index in [1.165, 1.54) is 12.8 Å². The number of hydrogen-bond acceptors (Lipinski definition) is 4. The Morgan fingerprint density at radius 1 is 1.48 bits per heavy atom. The van der Waals surface area contributed by atoms with Crippen molar-refractivity contribution in [1.82, 2.24) is 19.8 Å². The van der Waals surface area contributed by atoms with E-state index in [9.17, 15) is 4.79 Å². The number of piperidine rings is 1. The maximum absolute atomic E-state index is 13.2. The van der Waals surface area contributed by atoms with Crippen molar-refractivity contribution in [1.29, 1.82) is 0 Å². The zero-order valence-corrected chi connectivity index (χ0v) is 15.8. The van der Waals surface area contributed by atoms with Crippen LogP contribution in [-0.2, 0) is 23.1 Å². The molecule has 1 aromatic heterocycles. The Kier molecular flexibility index (Phi) is 5.71. The van der Waals surface area contributed by atoms with Gasteiger partial charge in [-0.2, -0.15) is 0 Å². The summed E-state index contributed by atoms with van der Waals surface area (Å²) in [6, 6.07) is 0.380. The summed E-state index contributed by atoms with van der Waals surface area (Å²) in [6.07, 6.45) is 9.23. The van der Waals surface area contributed by atoms with Gasteiger partial charge < -0.3 is 19.5 Å². The minimum absolute atomic E-state index is 0. The molecule has 0 bridgehead atoms. The molecule has 2 aliphatic heterocycles. The molecule has 2 atom stereocenters. The summed E-state index contributed by atoms with van der Waals surface area (Å²) in [5.41, 5.74) is 0.349. The van der Waals surface area contributed by atoms with Gasteiger partial charge in [0, 0.05) is 32.1 Å². The van der Waals surface area contributed by atoms with Gasteiger partial charge in [0.2, 0.25) is 5.91 Å². The van der Waals surface area contributed by atoms with E-state index in [-0.39, 0.29) is 24.2 Å². The Labute approximate surface area is 155 Å². The molecule has 4 rings (SSSR count). The van der Waals surface area contributed by atoms with Crippen molar-refractivity contribution in [3.63, 3.8) is 0 Å². The molecular formula is C18H29ClN4O2. The van der Waals surface area contributed by atoms with Crippen LogP contribution in [0.1, 0.15) is 37.9 Å². The molecule has 1 aliphatic carbocycles. The van der Waals surface area contributed by atoms with Crippen LogP contribution in [0, 0.1) is 11.3 Å². The van der Waals surface area contributed by atoms with Gasteiger partial charge in [-0.25, -0.2) is 4.98 Å². The molecule has 6 nitrogen and oxygen atoms in total. The van der Waals surface area contributed by atoms with Crippen LogP contribution in [0.3, 0.4) is 0 Å². The second kappa shape index (κ2) is 7.64. The number of rotatable bonds is 4. The van der Waals surface area contributed by atoms with E-state index in [1.54, 1.807) is 0 Å². The first-order valence-electron chi connectivity index (χ1n) is 9.25. The zero-order valence-electron chi connectivity index (χ0n) is 14.9. The second-order valence-corrected chi connectivity index (χ2v) is 7.67. The third kappa shape index (κ3) is 3.71. The quantitative estimate of drug-likeness (QED) is 0.879. The first-order chi connectivity index (χ1) is 11.7. The SMILES string of the molecule is Cl.Cn1ccnc1CN(C(=O)C1CCCOC1)C1CC12CCNCC2. The number of nitrogens with zero attached hydrogens (tertiary/aromatic N) is 3. The summed E-state index contributed by atoms with van der Waals surface area (Å²) < 4.78 is 7.59. The van der Waals surface area contributed by atoms with E-state index in [1.807, 2.05) is 24.0 Å². The molecule has 1 aromatic rings. The van der Waals surface area contributed by atoms with Crippen LogP contribution in [0.5, 0.6) is 0 Å². The largest absolute Gasteiger partial charge is 0.381 e. The molecule has 2 saturated heterocycles. The highest BCUT2D eigenvalue weighted by atomic mass is 35.5. The topological polar surface area (TPSA) is 59.4 Å². The summed E-state index contributed by atoms with van der Waals surface area (Å²) in [5.74, 6) is 1.27. The van der Waals surface area contributed by atoms with Crippen LogP contribution < -0.4 is 5.32 Å². The normalized spacial score (nSPS) is 27.6. The monoisotopic (exact) mass is 368 g/mol. The molecule has 1 amide bonds. The lowest BCUT2D eigenvalue weighted by Gasteiger charge is -2.33. The number of imidazole rings is 1. The summed E-state index contributed by atoms with van der Waals surface area (Å²) >= 11 is 0. The molecule has 140 valence electrons. The van der Waals surface area contributed by atoms with Crippen molar-refractivity contribution in [3.05, 3.63) is 18.2 Å². The Bertz CT molecular complexity index is 594. The molecule has 0 aromatic carbocycles. The molecule has 0 radical (unpaired) electrons. The van der Waals surface area contributed by atoms with E-state index in [0.717, 1.165) is 44.8 Å². The average molecular weight is 369 g/mol. The van der Waals surface area contributed by atoms with Crippen LogP contribution in [0.4, 0.5) is 0 Å². The third-order valence-corrected chi connectivity index (χ3v) is 6.15. The van der Waals surface area contributed by atoms with Crippen molar-refractivity contribution in [2.24, 2.45) is 18.4 Å². The van der Waals surface area contributed by atoms with E-state index in [0.29, 0.717) is 24.6 Å². The van der Waals surface area contributed by atoms with Gasteiger partial charge in [0.05, 0.1) is 19.1 Å². The third-order valence-electron chi connectivity index (χ3n) is 6.15. The van der Waals surface area contributed by atoms with Crippen LogP contribution in [0.25, 0.3) is 0 Å². The zero-order chi connectivity index (χ0) is 16.6. The Balaban J connectivity index is 0.00000182. The molecule has 1 spiro atoms. The maximum Gasteiger partial charge on any atom is 0.228 e. The highest BCUT2D eigenvalue weighted by Gasteiger charge is 2.58. The van der Waals surface area contributed by atoms with Crippen LogP contribution >= 0.6 is 12.4 Å². The summed E-state index contributed by atoms with van der Waals surface area (Å²) in [6.45, 7) is 4.15. The number of carbonyl (C=O) groups is 1. The van der Waals surface area contributed by atoms with Crippen molar-refractivity contribution in [2.75, 3.05) is 26.3 Å². The Hall–Kier alpha value is -1.11. The summed E-state index contributed by atoms with van der Waals surface area (Å²) in [7, 11) is 2.00. The lowest BCUT2D eigenvalue weighted by atomic mass is 9.93. The minimum Gasteiger partial charge on any atom is -0.381 e. The molecule has 3 fully saturated rings. The van der Waals surface area contributed by atoms with Crippen molar-refractivity contribution < 1.29 is 9.53 Å². The van der Waals surface area contributed by atoms with Crippen LogP contribution in [-0.4, -0.2) is 52.7 Å². The summed E-state index contributed by atoms with van der Waals surface area (Å²) in [4.78, 5) is 19.8. The number of aryl methyl sites for hydroxylation is 1. The predicted octanol–water partition coefficient (Wildman–Crippen LogP) is 1.74. The van der Waals surface area contributed by atoms with E-state index >= 15 is 0 Å². The molecule has 1 N–H and O–H groups in total. The molecule has 1 saturated carbocycles. The number of halogens is 1. The number of nitrogens with one attached hydrogen (secondary N) is 1. The smallest absolute Gasteiger partial charge is 0.228 e. The molecule has 3 heterocycles. The van der Waals surface area contributed by atoms with Crippen LogP contribution in [0.15, 0.2) is 12.4 Å². The van der Waals surface area contributed by atoms with Gasteiger partial charge in [0.25, 0.3) is 0 Å². The predicted molar refractivity (Wildman–Crippen MR) is 97.5 cm³/mol. The van der Waals surface area contributed by atoms with Gasteiger partial charge in [-0.05, 0) is 50.6 Å². The summed E-state index contributed by atoms with van der Waals surface area (Å²) in [5, 5.41) is 3.45. The minimum atomic E-state index is 0. The van der Waals surface area contributed by atoms with E-state index < -0.39 is 0 Å². The van der Waals surface area contributed by atoms with Crippen molar-refractivity contribution in [3.8, 4) is 0 Å². The molecule has 25 heavy (non-hydrogen) atoms. The fourth-order valence-corrected chi connectivity index (χ4v) is 4.44. The number of carbonyl (C=O) groups excluding carboxylic acids is 1.